The van der Waals surface area contributed by atoms with Crippen molar-refractivity contribution in [3.63, 3.8) is 0 Å². The lowest BCUT2D eigenvalue weighted by molar-refractivity contribution is 0.250. The van der Waals surface area contributed by atoms with E-state index >= 15 is 0 Å². The summed E-state index contributed by atoms with van der Waals surface area (Å²) in [4.78, 5) is 0. The van der Waals surface area contributed by atoms with Crippen LogP contribution >= 0.6 is 31.9 Å². The highest BCUT2D eigenvalue weighted by Crippen LogP contribution is 2.37. The van der Waals surface area contributed by atoms with Crippen molar-refractivity contribution in [3.8, 4) is 11.5 Å². The minimum atomic E-state index is -0.516. The van der Waals surface area contributed by atoms with E-state index in [9.17, 15) is 4.39 Å². The number of ether oxygens (including phenoxy) is 2. The van der Waals surface area contributed by atoms with E-state index in [1.54, 1.807) is 0 Å². The van der Waals surface area contributed by atoms with Gasteiger partial charge in [-0.3, -0.25) is 0 Å². The SMILES string of the molecule is CCOc1cc(CBr)cc(Br)c1OCCF. The van der Waals surface area contributed by atoms with Gasteiger partial charge in [0.15, 0.2) is 11.5 Å². The molecule has 0 spiro atoms. The van der Waals surface area contributed by atoms with Crippen LogP contribution in [0.3, 0.4) is 0 Å². The number of halogens is 3. The first-order valence-corrected chi connectivity index (χ1v) is 6.84. The average molecular weight is 356 g/mol. The fourth-order valence-corrected chi connectivity index (χ4v) is 2.17. The fraction of sp³-hybridized carbons (Fsp3) is 0.455. The fourth-order valence-electron chi connectivity index (χ4n) is 1.24. The van der Waals surface area contributed by atoms with Gasteiger partial charge in [-0.05, 0) is 40.5 Å². The third kappa shape index (κ3) is 3.63. The minimum absolute atomic E-state index is 0.0341. The maximum absolute atomic E-state index is 12.1. The molecule has 0 radical (unpaired) electrons. The van der Waals surface area contributed by atoms with Gasteiger partial charge in [0.2, 0.25) is 0 Å². The molecule has 0 bridgehead atoms. The van der Waals surface area contributed by atoms with Crippen LogP contribution in [0.5, 0.6) is 11.5 Å². The Balaban J connectivity index is 3.01. The van der Waals surface area contributed by atoms with Gasteiger partial charge in [-0.2, -0.15) is 0 Å². The number of hydrogen-bond acceptors (Lipinski definition) is 2. The van der Waals surface area contributed by atoms with Crippen molar-refractivity contribution in [1.82, 2.24) is 0 Å². The van der Waals surface area contributed by atoms with Gasteiger partial charge in [-0.25, -0.2) is 4.39 Å². The quantitative estimate of drug-likeness (QED) is 0.715. The second-order valence-corrected chi connectivity index (χ2v) is 4.42. The van der Waals surface area contributed by atoms with E-state index in [4.69, 9.17) is 9.47 Å². The first-order valence-electron chi connectivity index (χ1n) is 4.92. The van der Waals surface area contributed by atoms with E-state index in [1.165, 1.54) is 0 Å². The van der Waals surface area contributed by atoms with Gasteiger partial charge >= 0.3 is 0 Å². The highest BCUT2D eigenvalue weighted by Gasteiger charge is 2.11. The lowest BCUT2D eigenvalue weighted by atomic mass is 10.2. The molecule has 2 nitrogen and oxygen atoms in total. The van der Waals surface area contributed by atoms with Gasteiger partial charge in [-0.1, -0.05) is 15.9 Å². The van der Waals surface area contributed by atoms with Crippen molar-refractivity contribution < 1.29 is 13.9 Å². The van der Waals surface area contributed by atoms with Crippen LogP contribution in [0.4, 0.5) is 4.39 Å². The third-order valence-corrected chi connectivity index (χ3v) is 3.08. The summed E-state index contributed by atoms with van der Waals surface area (Å²) < 4.78 is 23.6. The number of benzene rings is 1. The Labute approximate surface area is 111 Å². The monoisotopic (exact) mass is 354 g/mol. The predicted octanol–water partition coefficient (Wildman–Crippen LogP) is 4.09. The van der Waals surface area contributed by atoms with E-state index in [2.05, 4.69) is 31.9 Å². The van der Waals surface area contributed by atoms with Gasteiger partial charge < -0.3 is 9.47 Å². The smallest absolute Gasteiger partial charge is 0.175 e. The molecule has 0 saturated heterocycles. The zero-order valence-electron chi connectivity index (χ0n) is 8.93. The lowest BCUT2D eigenvalue weighted by Crippen LogP contribution is -2.03. The predicted molar refractivity (Wildman–Crippen MR) is 69.4 cm³/mol. The maximum atomic E-state index is 12.1. The van der Waals surface area contributed by atoms with Crippen LogP contribution < -0.4 is 9.47 Å². The molecule has 1 aromatic carbocycles. The summed E-state index contributed by atoms with van der Waals surface area (Å²) in [6.45, 7) is 1.96. The molecule has 0 fully saturated rings. The Morgan fingerprint density at radius 2 is 2.06 bits per heavy atom. The molecular weight excluding hydrogens is 343 g/mol. The number of alkyl halides is 2. The van der Waals surface area contributed by atoms with Crippen LogP contribution in [-0.4, -0.2) is 19.9 Å². The molecule has 0 aliphatic heterocycles. The van der Waals surface area contributed by atoms with Crippen LogP contribution in [0.2, 0.25) is 0 Å². The van der Waals surface area contributed by atoms with Crippen LogP contribution in [0, 0.1) is 0 Å². The Bertz CT molecular complexity index is 345. The number of hydrogen-bond donors (Lipinski definition) is 0. The number of rotatable bonds is 6. The van der Waals surface area contributed by atoms with Crippen molar-refractivity contribution in [2.45, 2.75) is 12.3 Å². The Morgan fingerprint density at radius 3 is 2.62 bits per heavy atom. The molecule has 0 N–H and O–H groups in total. The van der Waals surface area contributed by atoms with E-state index in [-0.39, 0.29) is 6.61 Å². The summed E-state index contributed by atoms with van der Waals surface area (Å²) in [6, 6.07) is 3.81. The van der Waals surface area contributed by atoms with Gasteiger partial charge in [-0.15, -0.1) is 0 Å². The van der Waals surface area contributed by atoms with Crippen LogP contribution in [0.1, 0.15) is 12.5 Å². The van der Waals surface area contributed by atoms with Crippen LogP contribution in [0.15, 0.2) is 16.6 Å². The van der Waals surface area contributed by atoms with Gasteiger partial charge in [0.25, 0.3) is 0 Å². The molecule has 0 atom stereocenters. The third-order valence-electron chi connectivity index (χ3n) is 1.85. The summed E-state index contributed by atoms with van der Waals surface area (Å²) in [7, 11) is 0. The average Bonchev–Trinajstić information content (AvgIpc) is 2.28. The first kappa shape index (κ1) is 13.8. The standard InChI is InChI=1S/C11H13Br2FO2/c1-2-15-10-6-8(7-12)5-9(13)11(10)16-4-3-14/h5-6H,2-4,7H2,1H3. The summed E-state index contributed by atoms with van der Waals surface area (Å²) >= 11 is 6.77. The molecular formula is C11H13Br2FO2. The summed E-state index contributed by atoms with van der Waals surface area (Å²) in [5.41, 5.74) is 1.07. The van der Waals surface area contributed by atoms with Crippen molar-refractivity contribution >= 4 is 31.9 Å². The van der Waals surface area contributed by atoms with E-state index in [0.717, 1.165) is 15.4 Å². The normalized spacial score (nSPS) is 10.2. The van der Waals surface area contributed by atoms with Crippen LogP contribution in [-0.2, 0) is 5.33 Å². The molecule has 0 unspecified atom stereocenters. The maximum Gasteiger partial charge on any atom is 0.175 e. The van der Waals surface area contributed by atoms with Crippen LogP contribution in [0.25, 0.3) is 0 Å². The van der Waals surface area contributed by atoms with Crippen molar-refractivity contribution in [2.75, 3.05) is 19.9 Å². The Hall–Kier alpha value is -0.290. The molecule has 5 heteroatoms. The zero-order chi connectivity index (χ0) is 12.0. The summed E-state index contributed by atoms with van der Waals surface area (Å²) in [5, 5.41) is 0.731. The van der Waals surface area contributed by atoms with Crippen molar-refractivity contribution in [1.29, 1.82) is 0 Å². The summed E-state index contributed by atoms with van der Waals surface area (Å²) in [5.74, 6) is 1.20. The highest BCUT2D eigenvalue weighted by atomic mass is 79.9. The lowest BCUT2D eigenvalue weighted by Gasteiger charge is -2.14. The zero-order valence-corrected chi connectivity index (χ0v) is 12.1. The Morgan fingerprint density at radius 1 is 1.31 bits per heavy atom. The molecule has 0 amide bonds. The molecule has 16 heavy (non-hydrogen) atoms. The molecule has 1 rings (SSSR count). The molecule has 0 aliphatic carbocycles. The largest absolute Gasteiger partial charge is 0.490 e. The molecule has 0 heterocycles. The van der Waals surface area contributed by atoms with Crippen molar-refractivity contribution in [2.24, 2.45) is 0 Å². The first-order chi connectivity index (χ1) is 7.72. The second-order valence-electron chi connectivity index (χ2n) is 3.01. The molecule has 90 valence electrons. The van der Waals surface area contributed by atoms with Gasteiger partial charge in [0.1, 0.15) is 13.3 Å². The van der Waals surface area contributed by atoms with Crippen molar-refractivity contribution in [3.05, 3.63) is 22.2 Å². The molecule has 0 aromatic heterocycles. The minimum Gasteiger partial charge on any atom is -0.490 e. The van der Waals surface area contributed by atoms with E-state index in [0.29, 0.717) is 18.1 Å². The molecule has 1 aromatic rings. The molecule has 0 saturated carbocycles. The highest BCUT2D eigenvalue weighted by molar-refractivity contribution is 9.10. The van der Waals surface area contributed by atoms with Gasteiger partial charge in [0.05, 0.1) is 11.1 Å². The molecule has 0 aliphatic rings. The second kappa shape index (κ2) is 7.12. The summed E-state index contributed by atoms with van der Waals surface area (Å²) in [6.07, 6.45) is 0. The van der Waals surface area contributed by atoms with E-state index in [1.807, 2.05) is 19.1 Å². The topological polar surface area (TPSA) is 18.5 Å². The van der Waals surface area contributed by atoms with Gasteiger partial charge in [0, 0.05) is 5.33 Å². The van der Waals surface area contributed by atoms with E-state index < -0.39 is 6.67 Å². The Kier molecular flexibility index (Phi) is 6.13.